The molecular formula is C32H40F4O. The van der Waals surface area contributed by atoms with Crippen molar-refractivity contribution < 1.29 is 22.3 Å². The molecule has 2 atom stereocenters. The molecule has 0 aromatic heterocycles. The van der Waals surface area contributed by atoms with E-state index in [1.807, 2.05) is 6.08 Å². The highest BCUT2D eigenvalue weighted by molar-refractivity contribution is 5.66. The van der Waals surface area contributed by atoms with Gasteiger partial charge >= 0.3 is 0 Å². The quantitative estimate of drug-likeness (QED) is 0.226. The summed E-state index contributed by atoms with van der Waals surface area (Å²) in [4.78, 5) is 0. The zero-order valence-corrected chi connectivity index (χ0v) is 22.0. The predicted molar refractivity (Wildman–Crippen MR) is 142 cm³/mol. The standard InChI is InChI=1S/C32H40F4O/c1-3-5-7-25-16-14-24(20-37-25)26-18-19-28(32(36)30(26)34)27-17-15-23(29(33)31(27)35)13-12-22-10-8-21(6-4-2)9-11-22/h3,15,17-19,21-22,24-25H,1,4-14,16,20H2,2H3. The summed E-state index contributed by atoms with van der Waals surface area (Å²) in [7, 11) is 0. The van der Waals surface area contributed by atoms with Crippen molar-refractivity contribution in [2.24, 2.45) is 11.8 Å². The van der Waals surface area contributed by atoms with Crippen LogP contribution in [-0.4, -0.2) is 12.7 Å². The number of benzene rings is 2. The molecule has 37 heavy (non-hydrogen) atoms. The third-order valence-corrected chi connectivity index (χ3v) is 8.55. The van der Waals surface area contributed by atoms with Crippen molar-refractivity contribution in [2.75, 3.05) is 6.61 Å². The van der Waals surface area contributed by atoms with Crippen LogP contribution in [0.15, 0.2) is 36.9 Å². The van der Waals surface area contributed by atoms with Gasteiger partial charge in [-0.05, 0) is 61.5 Å². The van der Waals surface area contributed by atoms with Gasteiger partial charge in [0.1, 0.15) is 0 Å². The van der Waals surface area contributed by atoms with Gasteiger partial charge in [0.15, 0.2) is 23.3 Å². The number of hydrogen-bond acceptors (Lipinski definition) is 1. The molecule has 0 bridgehead atoms. The minimum absolute atomic E-state index is 0.105. The van der Waals surface area contributed by atoms with Gasteiger partial charge in [0, 0.05) is 17.0 Å². The van der Waals surface area contributed by atoms with Crippen LogP contribution >= 0.6 is 0 Å². The Bertz CT molecular complexity index is 1050. The van der Waals surface area contributed by atoms with Crippen molar-refractivity contribution in [1.29, 1.82) is 0 Å². The van der Waals surface area contributed by atoms with Crippen molar-refractivity contribution in [3.63, 3.8) is 0 Å². The van der Waals surface area contributed by atoms with Crippen LogP contribution in [0, 0.1) is 35.1 Å². The normalized spacial score (nSPS) is 24.2. The Morgan fingerprint density at radius 1 is 0.784 bits per heavy atom. The summed E-state index contributed by atoms with van der Waals surface area (Å²) < 4.78 is 66.1. The van der Waals surface area contributed by atoms with Crippen LogP contribution in [0.25, 0.3) is 11.1 Å². The van der Waals surface area contributed by atoms with Crippen LogP contribution in [0.5, 0.6) is 0 Å². The first kappa shape index (κ1) is 27.9. The molecule has 2 aliphatic rings. The Labute approximate surface area is 219 Å². The van der Waals surface area contributed by atoms with E-state index >= 15 is 13.2 Å². The van der Waals surface area contributed by atoms with Crippen LogP contribution in [0.1, 0.15) is 94.6 Å². The molecule has 1 saturated heterocycles. The van der Waals surface area contributed by atoms with E-state index in [0.717, 1.165) is 44.4 Å². The zero-order valence-electron chi connectivity index (χ0n) is 22.0. The molecule has 2 aromatic carbocycles. The van der Waals surface area contributed by atoms with Crippen LogP contribution in [0.2, 0.25) is 0 Å². The number of halogens is 4. The molecule has 4 rings (SSSR count). The summed E-state index contributed by atoms with van der Waals surface area (Å²) in [5.74, 6) is -3.12. The van der Waals surface area contributed by atoms with E-state index in [-0.39, 0.29) is 28.7 Å². The van der Waals surface area contributed by atoms with E-state index in [4.69, 9.17) is 4.74 Å². The van der Waals surface area contributed by atoms with E-state index in [9.17, 15) is 4.39 Å². The maximum atomic E-state index is 15.1. The average molecular weight is 517 g/mol. The first-order valence-electron chi connectivity index (χ1n) is 14.1. The van der Waals surface area contributed by atoms with E-state index in [1.54, 1.807) is 0 Å². The second kappa shape index (κ2) is 13.1. The highest BCUT2D eigenvalue weighted by Gasteiger charge is 2.28. The van der Waals surface area contributed by atoms with Crippen molar-refractivity contribution in [1.82, 2.24) is 0 Å². The molecule has 1 aliphatic carbocycles. The molecular weight excluding hydrogens is 476 g/mol. The Morgan fingerprint density at radius 2 is 1.43 bits per heavy atom. The zero-order chi connectivity index (χ0) is 26.4. The Hall–Kier alpha value is -2.14. The summed E-state index contributed by atoms with van der Waals surface area (Å²) in [5.41, 5.74) is 0.0436. The molecule has 202 valence electrons. The van der Waals surface area contributed by atoms with E-state index in [1.165, 1.54) is 49.9 Å². The summed E-state index contributed by atoms with van der Waals surface area (Å²) >= 11 is 0. The second-order valence-corrected chi connectivity index (χ2v) is 11.0. The summed E-state index contributed by atoms with van der Waals surface area (Å²) in [6.07, 6.45) is 13.6. The Kier molecular flexibility index (Phi) is 9.86. The largest absolute Gasteiger partial charge is 0.378 e. The highest BCUT2D eigenvalue weighted by atomic mass is 19.2. The fraction of sp³-hybridized carbons (Fsp3) is 0.562. The monoisotopic (exact) mass is 516 g/mol. The molecule has 0 amide bonds. The maximum Gasteiger partial charge on any atom is 0.167 e. The summed E-state index contributed by atoms with van der Waals surface area (Å²) in [5, 5.41) is 0. The average Bonchev–Trinajstić information content (AvgIpc) is 2.92. The number of aryl methyl sites for hydroxylation is 1. The summed E-state index contributed by atoms with van der Waals surface area (Å²) in [6, 6.07) is 5.77. The first-order chi connectivity index (χ1) is 17.9. The lowest BCUT2D eigenvalue weighted by molar-refractivity contribution is -0.000881. The fourth-order valence-electron chi connectivity index (χ4n) is 6.24. The molecule has 0 radical (unpaired) electrons. The Morgan fingerprint density at radius 3 is 2.05 bits per heavy atom. The molecule has 2 unspecified atom stereocenters. The lowest BCUT2D eigenvalue weighted by atomic mass is 9.78. The first-order valence-corrected chi connectivity index (χ1v) is 14.1. The topological polar surface area (TPSA) is 9.23 Å². The molecule has 5 heteroatoms. The maximum absolute atomic E-state index is 15.1. The number of rotatable bonds is 10. The van der Waals surface area contributed by atoms with Crippen LogP contribution in [-0.2, 0) is 11.2 Å². The second-order valence-electron chi connectivity index (χ2n) is 11.0. The van der Waals surface area contributed by atoms with E-state index in [0.29, 0.717) is 30.9 Å². The van der Waals surface area contributed by atoms with Gasteiger partial charge in [0.05, 0.1) is 12.7 Å². The smallest absolute Gasteiger partial charge is 0.167 e. The Balaban J connectivity index is 1.42. The van der Waals surface area contributed by atoms with E-state index in [2.05, 4.69) is 13.5 Å². The molecule has 1 aliphatic heterocycles. The molecule has 1 saturated carbocycles. The van der Waals surface area contributed by atoms with Crippen LogP contribution < -0.4 is 0 Å². The molecule has 0 N–H and O–H groups in total. The number of hydrogen-bond donors (Lipinski definition) is 0. The molecule has 2 fully saturated rings. The number of allylic oxidation sites excluding steroid dienone is 1. The fourth-order valence-corrected chi connectivity index (χ4v) is 6.24. The van der Waals surface area contributed by atoms with Gasteiger partial charge in [-0.2, -0.15) is 0 Å². The molecule has 1 heterocycles. The van der Waals surface area contributed by atoms with Gasteiger partial charge in [-0.3, -0.25) is 0 Å². The predicted octanol–water partition coefficient (Wildman–Crippen LogP) is 9.68. The van der Waals surface area contributed by atoms with Crippen molar-refractivity contribution in [2.45, 2.75) is 96.0 Å². The van der Waals surface area contributed by atoms with Crippen molar-refractivity contribution in [3.8, 4) is 11.1 Å². The van der Waals surface area contributed by atoms with Gasteiger partial charge in [0.2, 0.25) is 0 Å². The van der Waals surface area contributed by atoms with Crippen molar-refractivity contribution >= 4 is 0 Å². The molecule has 1 nitrogen and oxygen atoms in total. The number of ether oxygens (including phenoxy) is 1. The third-order valence-electron chi connectivity index (χ3n) is 8.55. The lowest BCUT2D eigenvalue weighted by Crippen LogP contribution is -2.25. The van der Waals surface area contributed by atoms with Gasteiger partial charge in [-0.1, -0.05) is 75.8 Å². The van der Waals surface area contributed by atoms with Crippen LogP contribution in [0.4, 0.5) is 17.6 Å². The summed E-state index contributed by atoms with van der Waals surface area (Å²) in [6.45, 7) is 6.25. The minimum atomic E-state index is -1.14. The van der Waals surface area contributed by atoms with Crippen LogP contribution in [0.3, 0.4) is 0 Å². The van der Waals surface area contributed by atoms with Gasteiger partial charge in [-0.25, -0.2) is 17.6 Å². The lowest BCUT2D eigenvalue weighted by Gasteiger charge is -2.29. The van der Waals surface area contributed by atoms with E-state index < -0.39 is 23.3 Å². The molecule has 2 aromatic rings. The minimum Gasteiger partial charge on any atom is -0.378 e. The highest BCUT2D eigenvalue weighted by Crippen LogP contribution is 2.37. The van der Waals surface area contributed by atoms with Gasteiger partial charge in [0.25, 0.3) is 0 Å². The van der Waals surface area contributed by atoms with Gasteiger partial charge in [-0.15, -0.1) is 6.58 Å². The third kappa shape index (κ3) is 6.66. The van der Waals surface area contributed by atoms with Gasteiger partial charge < -0.3 is 4.74 Å². The molecule has 0 spiro atoms. The van der Waals surface area contributed by atoms with Crippen molar-refractivity contribution in [3.05, 3.63) is 71.3 Å². The SMILES string of the molecule is C=CCCC1CCC(c2ccc(-c3ccc(CCC4CCC(CCC)CC4)c(F)c3F)c(F)c2F)CO1.